The van der Waals surface area contributed by atoms with Crippen molar-refractivity contribution in [1.29, 1.82) is 0 Å². The fourth-order valence-electron chi connectivity index (χ4n) is 6.22. The maximum absolute atomic E-state index is 2.62. The molecule has 0 spiro atoms. The Morgan fingerprint density at radius 2 is 1.15 bits per heavy atom. The molecule has 0 nitrogen and oxygen atoms in total. The third kappa shape index (κ3) is 6.69. The van der Waals surface area contributed by atoms with Crippen LogP contribution in [-0.2, 0) is 32.1 Å². The number of fused-ring (bicyclic) bond motifs is 3. The molecule has 3 aromatic rings. The summed E-state index contributed by atoms with van der Waals surface area (Å²) in [4.78, 5) is 0. The van der Waals surface area contributed by atoms with E-state index in [0.717, 1.165) is 6.42 Å². The van der Waals surface area contributed by atoms with E-state index in [-0.39, 0.29) is 41.1 Å². The summed E-state index contributed by atoms with van der Waals surface area (Å²) in [6.07, 6.45) is 6.26. The molecule has 0 radical (unpaired) electrons. The first-order valence-corrected chi connectivity index (χ1v) is 18.5. The van der Waals surface area contributed by atoms with Crippen LogP contribution in [-0.4, -0.2) is 3.21 Å². The van der Waals surface area contributed by atoms with Crippen LogP contribution in [0.5, 0.6) is 0 Å². The minimum Gasteiger partial charge on any atom is -1.00 e. The van der Waals surface area contributed by atoms with Gasteiger partial charge in [0.1, 0.15) is 0 Å². The van der Waals surface area contributed by atoms with Crippen LogP contribution in [0.1, 0.15) is 107 Å². The summed E-state index contributed by atoms with van der Waals surface area (Å²) in [6.45, 7) is 23.6. The molecule has 2 aliphatic carbocycles. The van der Waals surface area contributed by atoms with Crippen LogP contribution in [0.15, 0.2) is 87.7 Å². The summed E-state index contributed by atoms with van der Waals surface area (Å²) in [7, 11) is 0. The third-order valence-electron chi connectivity index (χ3n) is 8.73. The van der Waals surface area contributed by atoms with Gasteiger partial charge in [-0.1, -0.05) is 0 Å². The molecule has 41 heavy (non-hydrogen) atoms. The van der Waals surface area contributed by atoms with E-state index >= 15 is 0 Å². The number of hydrogen-bond donors (Lipinski definition) is 0. The van der Waals surface area contributed by atoms with Gasteiger partial charge in [-0.05, 0) is 0 Å². The van der Waals surface area contributed by atoms with Gasteiger partial charge < -0.3 is 24.8 Å². The first-order chi connectivity index (χ1) is 18.2. The molecule has 0 saturated heterocycles. The van der Waals surface area contributed by atoms with Crippen molar-refractivity contribution in [3.05, 3.63) is 116 Å². The molecule has 5 rings (SSSR count). The van der Waals surface area contributed by atoms with Crippen LogP contribution < -0.4 is 24.8 Å². The molecule has 216 valence electrons. The van der Waals surface area contributed by atoms with Gasteiger partial charge in [0.05, 0.1) is 0 Å². The van der Waals surface area contributed by atoms with Gasteiger partial charge >= 0.3 is 247 Å². The van der Waals surface area contributed by atoms with Crippen LogP contribution in [0.2, 0.25) is 0 Å². The predicted octanol–water partition coefficient (Wildman–Crippen LogP) is 4.48. The standard InChI is InChI=1S/C21H25.C9H13.C8H8.2ClH.Zr/c1-20(2,3)16-9-7-14-11-15-8-10-17(21(4,5)6)13-19(15)18(14)12-16;1-9(2,3)8-6-4-5-7-8;1-2-8-6-4-3-5-7-8;;;/h7-13H,1-6H3;6-7H,4H2,1-3H3;3-7H,1H3;2*1H;/q;;;;;+2/p-2. The van der Waals surface area contributed by atoms with E-state index in [0.29, 0.717) is 3.63 Å². The zero-order chi connectivity index (χ0) is 28.3. The topological polar surface area (TPSA) is 0 Å². The Kier molecular flexibility index (Phi) is 10.1. The van der Waals surface area contributed by atoms with E-state index in [9.17, 15) is 0 Å². The molecule has 0 fully saturated rings. The maximum atomic E-state index is 2.62. The molecule has 0 saturated carbocycles. The summed E-state index contributed by atoms with van der Waals surface area (Å²) in [5, 5.41) is 0. The predicted molar refractivity (Wildman–Crippen MR) is 168 cm³/mol. The second-order valence-corrected chi connectivity index (χ2v) is 21.6. The van der Waals surface area contributed by atoms with Crippen LogP contribution in [0.25, 0.3) is 11.1 Å². The van der Waals surface area contributed by atoms with Crippen molar-refractivity contribution in [3.8, 4) is 11.1 Å². The summed E-state index contributed by atoms with van der Waals surface area (Å²) >= 11 is -2.44. The molecule has 0 unspecified atom stereocenters. The van der Waals surface area contributed by atoms with Crippen molar-refractivity contribution in [1.82, 2.24) is 0 Å². The van der Waals surface area contributed by atoms with Crippen LogP contribution in [0.3, 0.4) is 0 Å². The van der Waals surface area contributed by atoms with Gasteiger partial charge in [0.2, 0.25) is 0 Å². The first-order valence-electron chi connectivity index (χ1n) is 14.6. The zero-order valence-corrected chi connectivity index (χ0v) is 30.5. The van der Waals surface area contributed by atoms with Gasteiger partial charge in [-0.25, -0.2) is 0 Å². The van der Waals surface area contributed by atoms with E-state index in [1.54, 1.807) is 17.6 Å². The second kappa shape index (κ2) is 12.2. The molecule has 0 aromatic heterocycles. The number of benzene rings is 3. The van der Waals surface area contributed by atoms with Gasteiger partial charge in [0.15, 0.2) is 0 Å². The molecule has 0 amide bonds. The monoisotopic (exact) mass is 662 g/mol. The van der Waals surface area contributed by atoms with E-state index < -0.39 is 21.3 Å². The fourth-order valence-corrected chi connectivity index (χ4v) is 14.9. The van der Waals surface area contributed by atoms with Gasteiger partial charge in [-0.15, -0.1) is 0 Å². The Morgan fingerprint density at radius 1 is 0.659 bits per heavy atom. The molecular weight excluding hydrogens is 619 g/mol. The number of hydrogen-bond acceptors (Lipinski definition) is 0. The molecule has 3 heteroatoms. The average molecular weight is 665 g/mol. The van der Waals surface area contributed by atoms with Gasteiger partial charge in [-0.2, -0.15) is 0 Å². The Hall–Kier alpha value is -1.53. The number of allylic oxidation sites excluding steroid dienone is 4. The smallest absolute Gasteiger partial charge is 1.00 e. The largest absolute Gasteiger partial charge is 1.00 e. The normalized spacial score (nSPS) is 15.2. The third-order valence-corrected chi connectivity index (χ3v) is 16.9. The van der Waals surface area contributed by atoms with E-state index in [2.05, 4.69) is 148 Å². The number of rotatable bonds is 3. The van der Waals surface area contributed by atoms with E-state index in [1.807, 2.05) is 0 Å². The summed E-state index contributed by atoms with van der Waals surface area (Å²) in [5.74, 6) is 0. The first kappa shape index (κ1) is 34.0. The molecule has 0 aliphatic heterocycles. The molecule has 2 aliphatic rings. The van der Waals surface area contributed by atoms with Crippen LogP contribution in [0, 0.1) is 5.41 Å². The molecule has 0 N–H and O–H groups in total. The summed E-state index contributed by atoms with van der Waals surface area (Å²) < 4.78 is 3.91. The van der Waals surface area contributed by atoms with Crippen molar-refractivity contribution in [3.63, 3.8) is 0 Å². The Balaban J connectivity index is 0.00000231. The van der Waals surface area contributed by atoms with Gasteiger partial charge in [0.25, 0.3) is 0 Å². The molecular formula is C38H46Cl2Zr. The quantitative estimate of drug-likeness (QED) is 0.388. The summed E-state index contributed by atoms with van der Waals surface area (Å²) in [5.41, 5.74) is 12.4. The van der Waals surface area contributed by atoms with E-state index in [1.165, 1.54) is 33.4 Å². The van der Waals surface area contributed by atoms with E-state index in [4.69, 9.17) is 0 Å². The molecule has 0 atom stereocenters. The van der Waals surface area contributed by atoms with Crippen molar-refractivity contribution in [2.75, 3.05) is 0 Å². The molecule has 0 heterocycles. The fraction of sp³-hybridized carbons (Fsp3) is 0.395. The van der Waals surface area contributed by atoms with Crippen molar-refractivity contribution in [2.24, 2.45) is 5.41 Å². The molecule has 3 aromatic carbocycles. The summed E-state index contributed by atoms with van der Waals surface area (Å²) in [6, 6.07) is 26.2. The average Bonchev–Trinajstić information content (AvgIpc) is 3.47. The minimum atomic E-state index is -2.44. The van der Waals surface area contributed by atoms with Gasteiger partial charge in [-0.3, -0.25) is 0 Å². The van der Waals surface area contributed by atoms with Crippen molar-refractivity contribution >= 4 is 3.21 Å². The Labute approximate surface area is 269 Å². The van der Waals surface area contributed by atoms with Gasteiger partial charge in [0, 0.05) is 0 Å². The minimum absolute atomic E-state index is 0. The SMILES string of the molecule is C/[C](c1ccccc1)=[Zr+2](/[C]1=CC(C(C)(C)C)=CC1)[CH]1c2ccc(C(C)(C)C)cc2-c2cc(C(C)(C)C)ccc21.[Cl-].[Cl-]. The second-order valence-electron chi connectivity index (χ2n) is 14.7. The zero-order valence-electron chi connectivity index (χ0n) is 26.5. The number of halogens is 2. The maximum Gasteiger partial charge on any atom is -1.00 e. The van der Waals surface area contributed by atoms with Crippen LogP contribution in [0.4, 0.5) is 0 Å². The Bertz CT molecular complexity index is 1450. The van der Waals surface area contributed by atoms with Crippen molar-refractivity contribution in [2.45, 2.75) is 90.1 Å². The molecule has 0 bridgehead atoms. The Morgan fingerprint density at radius 3 is 1.56 bits per heavy atom. The van der Waals surface area contributed by atoms with Crippen molar-refractivity contribution < 1.29 is 46.1 Å². The van der Waals surface area contributed by atoms with Crippen LogP contribution >= 0.6 is 0 Å².